The summed E-state index contributed by atoms with van der Waals surface area (Å²) in [5.41, 5.74) is 3.49. The highest BCUT2D eigenvalue weighted by molar-refractivity contribution is 6.39. The minimum atomic E-state index is -0.918. The zero-order valence-electron chi connectivity index (χ0n) is 19.5. The Morgan fingerprint density at radius 2 is 1.86 bits per heavy atom. The number of benzene rings is 1. The lowest BCUT2D eigenvalue weighted by atomic mass is 9.70. The van der Waals surface area contributed by atoms with Gasteiger partial charge in [-0.3, -0.25) is 5.10 Å². The lowest BCUT2D eigenvalue weighted by molar-refractivity contribution is -0.116. The number of nitrogens with zero attached hydrogens (tertiary/aromatic N) is 4. The summed E-state index contributed by atoms with van der Waals surface area (Å²) in [5.74, 6) is 1.44. The van der Waals surface area contributed by atoms with Gasteiger partial charge in [-0.1, -0.05) is 39.6 Å². The lowest BCUT2D eigenvalue weighted by Crippen LogP contribution is -2.44. The van der Waals surface area contributed by atoms with Crippen LogP contribution in [0.4, 0.5) is 0 Å². The minimum Gasteiger partial charge on any atom is -0.385 e. The van der Waals surface area contributed by atoms with Gasteiger partial charge in [0.15, 0.2) is 0 Å². The summed E-state index contributed by atoms with van der Waals surface area (Å²) >= 11 is 13.0. The number of hydrogen-bond acceptors (Lipinski definition) is 7. The van der Waals surface area contributed by atoms with E-state index in [0.717, 1.165) is 60.9 Å². The van der Waals surface area contributed by atoms with Crippen molar-refractivity contribution >= 4 is 34.4 Å². The fraction of sp³-hybridized carbons (Fsp3) is 0.462. The molecule has 8 nitrogen and oxygen atoms in total. The second-order valence-corrected chi connectivity index (χ2v) is 11.2. The molecule has 3 fully saturated rings. The summed E-state index contributed by atoms with van der Waals surface area (Å²) in [6.07, 6.45) is 7.42. The van der Waals surface area contributed by atoms with Gasteiger partial charge >= 0.3 is 0 Å². The summed E-state index contributed by atoms with van der Waals surface area (Å²) in [6, 6.07) is 7.38. The van der Waals surface area contributed by atoms with Crippen LogP contribution in [0.2, 0.25) is 10.0 Å². The average molecular weight is 526 g/mol. The molecule has 10 heteroatoms. The first kappa shape index (κ1) is 22.7. The molecule has 0 amide bonds. The predicted octanol–water partition coefficient (Wildman–Crippen LogP) is 5.79. The van der Waals surface area contributed by atoms with Crippen molar-refractivity contribution < 1.29 is 14.4 Å². The highest BCUT2D eigenvalue weighted by Crippen LogP contribution is 2.56. The first-order valence-corrected chi connectivity index (χ1v) is 13.2. The van der Waals surface area contributed by atoms with Crippen molar-refractivity contribution in [3.8, 4) is 11.3 Å². The van der Waals surface area contributed by atoms with Gasteiger partial charge in [-0.25, -0.2) is 4.98 Å². The molecule has 186 valence electrons. The van der Waals surface area contributed by atoms with E-state index in [9.17, 15) is 5.11 Å². The summed E-state index contributed by atoms with van der Waals surface area (Å²) < 4.78 is 12.3. The first-order chi connectivity index (χ1) is 17.5. The molecule has 0 aliphatic heterocycles. The van der Waals surface area contributed by atoms with E-state index in [-0.39, 0.29) is 17.9 Å². The predicted molar refractivity (Wildman–Crippen MR) is 134 cm³/mol. The van der Waals surface area contributed by atoms with Crippen LogP contribution in [-0.2, 0) is 16.9 Å². The molecule has 3 heterocycles. The number of fused-ring (bicyclic) bond motifs is 3. The van der Waals surface area contributed by atoms with E-state index < -0.39 is 5.60 Å². The number of pyridine rings is 1. The second-order valence-electron chi connectivity index (χ2n) is 10.4. The maximum atomic E-state index is 11.9. The van der Waals surface area contributed by atoms with Crippen LogP contribution in [0.5, 0.6) is 0 Å². The van der Waals surface area contributed by atoms with Crippen LogP contribution in [-0.4, -0.2) is 36.8 Å². The van der Waals surface area contributed by atoms with Crippen LogP contribution < -0.4 is 0 Å². The van der Waals surface area contributed by atoms with Gasteiger partial charge in [-0.15, -0.1) is 5.10 Å². The third-order valence-electron chi connectivity index (χ3n) is 8.28. The molecule has 4 aromatic rings. The fourth-order valence-corrected chi connectivity index (χ4v) is 6.90. The largest absolute Gasteiger partial charge is 0.385 e. The topological polar surface area (TPSA) is 110 Å². The standard InChI is InChI=1S/C26H25Cl2N5O3/c27-19-2-1-3-20(28)22(19)23-18(24(36-32-23)13-4-5-13)12-35-17-8-14-6-7-15(9-17)26(14,34)16-10-21-25(29-11-16)31-33-30-21/h1-3,10-11,13-15,17,34H,4-9,12H2,(H,29,30,31,33)/t14-,15+,17+,26+. The Balaban J connectivity index is 1.13. The Morgan fingerprint density at radius 1 is 1.11 bits per heavy atom. The highest BCUT2D eigenvalue weighted by Gasteiger charge is 2.54. The minimum absolute atomic E-state index is 0.0322. The van der Waals surface area contributed by atoms with E-state index in [1.54, 1.807) is 6.20 Å². The monoisotopic (exact) mass is 525 g/mol. The van der Waals surface area contributed by atoms with Gasteiger partial charge in [0.05, 0.1) is 28.4 Å². The van der Waals surface area contributed by atoms with Crippen molar-refractivity contribution in [3.05, 3.63) is 57.4 Å². The van der Waals surface area contributed by atoms with Crippen LogP contribution in [0, 0.1) is 11.8 Å². The Hall–Kier alpha value is -2.52. The number of ether oxygens (including phenoxy) is 1. The zero-order valence-corrected chi connectivity index (χ0v) is 21.0. The van der Waals surface area contributed by atoms with E-state index in [0.29, 0.717) is 39.5 Å². The number of H-pyrrole nitrogens is 1. The number of aromatic nitrogens is 5. The van der Waals surface area contributed by atoms with Gasteiger partial charge in [0.25, 0.3) is 0 Å². The molecule has 4 atom stereocenters. The van der Waals surface area contributed by atoms with Gasteiger partial charge in [-0.05, 0) is 68.6 Å². The van der Waals surface area contributed by atoms with Gasteiger partial charge in [0.2, 0.25) is 5.65 Å². The molecule has 3 saturated carbocycles. The molecule has 0 spiro atoms. The second kappa shape index (κ2) is 8.52. The zero-order chi connectivity index (χ0) is 24.4. The van der Waals surface area contributed by atoms with Crippen molar-refractivity contribution in [3.63, 3.8) is 0 Å². The molecular formula is C26H25Cl2N5O3. The molecule has 0 saturated heterocycles. The Bertz CT molecular complexity index is 1410. The van der Waals surface area contributed by atoms with E-state index in [1.807, 2.05) is 24.3 Å². The molecule has 3 aromatic heterocycles. The summed E-state index contributed by atoms with van der Waals surface area (Å²) in [7, 11) is 0. The van der Waals surface area contributed by atoms with Crippen molar-refractivity contribution in [1.82, 2.24) is 25.6 Å². The molecule has 0 radical (unpaired) electrons. The number of halogens is 2. The molecule has 7 rings (SSSR count). The molecule has 3 aliphatic carbocycles. The highest BCUT2D eigenvalue weighted by atomic mass is 35.5. The lowest BCUT2D eigenvalue weighted by Gasteiger charge is -2.42. The van der Waals surface area contributed by atoms with E-state index >= 15 is 0 Å². The molecule has 3 aliphatic rings. The van der Waals surface area contributed by atoms with Crippen LogP contribution in [0.3, 0.4) is 0 Å². The number of hydrogen-bond donors (Lipinski definition) is 2. The van der Waals surface area contributed by atoms with Crippen molar-refractivity contribution in [2.45, 2.75) is 62.8 Å². The van der Waals surface area contributed by atoms with Gasteiger partial charge in [0.1, 0.15) is 17.0 Å². The maximum absolute atomic E-state index is 11.9. The van der Waals surface area contributed by atoms with Gasteiger partial charge in [0, 0.05) is 28.8 Å². The van der Waals surface area contributed by atoms with Crippen LogP contribution in [0.1, 0.15) is 61.3 Å². The third kappa shape index (κ3) is 3.57. The Morgan fingerprint density at radius 3 is 2.58 bits per heavy atom. The summed E-state index contributed by atoms with van der Waals surface area (Å²) in [4.78, 5) is 4.40. The summed E-state index contributed by atoms with van der Waals surface area (Å²) in [5, 5.41) is 28.0. The average Bonchev–Trinajstić information content (AvgIpc) is 3.42. The first-order valence-electron chi connectivity index (χ1n) is 12.5. The van der Waals surface area contributed by atoms with E-state index in [4.69, 9.17) is 32.5 Å². The molecule has 36 heavy (non-hydrogen) atoms. The van der Waals surface area contributed by atoms with E-state index in [1.165, 1.54) is 0 Å². The quantitative estimate of drug-likeness (QED) is 0.328. The molecule has 0 unspecified atom stereocenters. The Kier molecular flexibility index (Phi) is 5.36. The molecule has 2 bridgehead atoms. The van der Waals surface area contributed by atoms with Crippen molar-refractivity contribution in [2.24, 2.45) is 11.8 Å². The van der Waals surface area contributed by atoms with Crippen molar-refractivity contribution in [2.75, 3.05) is 0 Å². The number of nitrogens with one attached hydrogen (secondary N) is 1. The third-order valence-corrected chi connectivity index (χ3v) is 8.91. The maximum Gasteiger partial charge on any atom is 0.201 e. The smallest absolute Gasteiger partial charge is 0.201 e. The molecule has 1 aromatic carbocycles. The van der Waals surface area contributed by atoms with Crippen LogP contribution in [0.15, 0.2) is 35.0 Å². The fourth-order valence-electron chi connectivity index (χ4n) is 6.32. The number of aliphatic hydroxyl groups is 1. The van der Waals surface area contributed by atoms with Gasteiger partial charge < -0.3 is 14.4 Å². The Labute approximate surface area is 217 Å². The normalized spacial score (nSPS) is 27.7. The number of aromatic amines is 1. The molecular weight excluding hydrogens is 501 g/mol. The molecule has 2 N–H and O–H groups in total. The van der Waals surface area contributed by atoms with Crippen LogP contribution >= 0.6 is 23.2 Å². The SMILES string of the molecule is O[C@@]1(c2cnc3nn[nH]c3c2)[C@@H]2CC[C@H]1C[C@@H](OCc1c(-c3c(Cl)cccc3Cl)noc1C1CC1)C2. The van der Waals surface area contributed by atoms with Crippen LogP contribution in [0.25, 0.3) is 22.4 Å². The number of rotatable bonds is 6. The van der Waals surface area contributed by atoms with Gasteiger partial charge in [-0.2, -0.15) is 0 Å². The van der Waals surface area contributed by atoms with Crippen molar-refractivity contribution in [1.29, 1.82) is 0 Å². The van der Waals surface area contributed by atoms with E-state index in [2.05, 4.69) is 25.6 Å². The summed E-state index contributed by atoms with van der Waals surface area (Å²) in [6.45, 7) is 0.377.